The third-order valence-corrected chi connectivity index (χ3v) is 3.18. The molecule has 2 rings (SSSR count). The lowest BCUT2D eigenvalue weighted by Crippen LogP contribution is -2.30. The number of ether oxygens (including phenoxy) is 1. The molecule has 0 spiro atoms. The van der Waals surface area contributed by atoms with E-state index >= 15 is 0 Å². The highest BCUT2D eigenvalue weighted by molar-refractivity contribution is 5.13. The van der Waals surface area contributed by atoms with Crippen molar-refractivity contribution in [3.8, 4) is 0 Å². The van der Waals surface area contributed by atoms with Gasteiger partial charge < -0.3 is 10.1 Å². The zero-order chi connectivity index (χ0) is 11.1. The Morgan fingerprint density at radius 1 is 1.25 bits per heavy atom. The quantitative estimate of drug-likeness (QED) is 0.769. The van der Waals surface area contributed by atoms with Crippen molar-refractivity contribution >= 4 is 0 Å². The van der Waals surface area contributed by atoms with Gasteiger partial charge in [-0.2, -0.15) is 0 Å². The minimum atomic E-state index is 0.751. The van der Waals surface area contributed by atoms with Gasteiger partial charge in [0.05, 0.1) is 6.61 Å². The maximum Gasteiger partial charge on any atom is 0.0716 e. The SMILES string of the molecule is c1ccc(COCCC2CCCNC2)cc1. The van der Waals surface area contributed by atoms with E-state index in [2.05, 4.69) is 29.6 Å². The van der Waals surface area contributed by atoms with Gasteiger partial charge in [-0.25, -0.2) is 0 Å². The Bertz CT molecular complexity index is 280. The molecule has 1 atom stereocenters. The van der Waals surface area contributed by atoms with Gasteiger partial charge in [0.1, 0.15) is 0 Å². The van der Waals surface area contributed by atoms with Gasteiger partial charge >= 0.3 is 0 Å². The third-order valence-electron chi connectivity index (χ3n) is 3.18. The van der Waals surface area contributed by atoms with Crippen LogP contribution in [0.4, 0.5) is 0 Å². The van der Waals surface area contributed by atoms with Crippen LogP contribution >= 0.6 is 0 Å². The Morgan fingerprint density at radius 3 is 2.88 bits per heavy atom. The molecule has 1 N–H and O–H groups in total. The van der Waals surface area contributed by atoms with E-state index in [0.29, 0.717) is 0 Å². The van der Waals surface area contributed by atoms with E-state index in [1.54, 1.807) is 0 Å². The summed E-state index contributed by atoms with van der Waals surface area (Å²) in [5, 5.41) is 3.44. The van der Waals surface area contributed by atoms with E-state index in [-0.39, 0.29) is 0 Å². The van der Waals surface area contributed by atoms with Crippen LogP contribution in [0.5, 0.6) is 0 Å². The van der Waals surface area contributed by atoms with Crippen molar-refractivity contribution in [3.63, 3.8) is 0 Å². The first-order valence-electron chi connectivity index (χ1n) is 6.27. The second-order valence-corrected chi connectivity index (χ2v) is 4.54. The molecule has 1 aliphatic heterocycles. The molecule has 2 nitrogen and oxygen atoms in total. The van der Waals surface area contributed by atoms with Crippen LogP contribution in [0, 0.1) is 5.92 Å². The predicted octanol–water partition coefficient (Wildman–Crippen LogP) is 2.59. The fourth-order valence-corrected chi connectivity index (χ4v) is 2.18. The summed E-state index contributed by atoms with van der Waals surface area (Å²) in [6.07, 6.45) is 3.88. The number of piperidine rings is 1. The van der Waals surface area contributed by atoms with Gasteiger partial charge in [0, 0.05) is 6.61 Å². The Hall–Kier alpha value is -0.860. The van der Waals surface area contributed by atoms with E-state index in [0.717, 1.165) is 19.1 Å². The van der Waals surface area contributed by atoms with Crippen LogP contribution in [0.15, 0.2) is 30.3 Å². The monoisotopic (exact) mass is 219 g/mol. The lowest BCUT2D eigenvalue weighted by molar-refractivity contribution is 0.103. The van der Waals surface area contributed by atoms with Gasteiger partial charge in [0.2, 0.25) is 0 Å². The van der Waals surface area contributed by atoms with Gasteiger partial charge in [-0.05, 0) is 43.8 Å². The van der Waals surface area contributed by atoms with Crippen LogP contribution in [0.25, 0.3) is 0 Å². The number of rotatable bonds is 5. The molecule has 88 valence electrons. The second kappa shape index (κ2) is 6.66. The Morgan fingerprint density at radius 2 is 2.12 bits per heavy atom. The molecule has 0 aromatic heterocycles. The van der Waals surface area contributed by atoms with E-state index in [1.807, 2.05) is 6.07 Å². The van der Waals surface area contributed by atoms with Gasteiger partial charge in [-0.1, -0.05) is 30.3 Å². The van der Waals surface area contributed by atoms with Crippen LogP contribution in [-0.2, 0) is 11.3 Å². The van der Waals surface area contributed by atoms with Crippen molar-refractivity contribution in [2.45, 2.75) is 25.9 Å². The third kappa shape index (κ3) is 3.95. The highest BCUT2D eigenvalue weighted by Crippen LogP contribution is 2.14. The molecule has 1 aliphatic rings. The molecule has 1 heterocycles. The maximum atomic E-state index is 5.69. The van der Waals surface area contributed by atoms with E-state index < -0.39 is 0 Å². The van der Waals surface area contributed by atoms with Gasteiger partial charge in [0.25, 0.3) is 0 Å². The molecule has 0 bridgehead atoms. The van der Waals surface area contributed by atoms with Crippen LogP contribution in [0.3, 0.4) is 0 Å². The first-order chi connectivity index (χ1) is 7.95. The smallest absolute Gasteiger partial charge is 0.0716 e. The molecule has 0 aliphatic carbocycles. The Balaban J connectivity index is 1.58. The van der Waals surface area contributed by atoms with Crippen LogP contribution in [0.2, 0.25) is 0 Å². The van der Waals surface area contributed by atoms with E-state index in [9.17, 15) is 0 Å². The molecule has 1 aromatic rings. The number of benzene rings is 1. The number of hydrogen-bond acceptors (Lipinski definition) is 2. The Kier molecular flexibility index (Phi) is 4.84. The van der Waals surface area contributed by atoms with Crippen molar-refractivity contribution in [2.24, 2.45) is 5.92 Å². The summed E-state index contributed by atoms with van der Waals surface area (Å²) in [7, 11) is 0. The van der Waals surface area contributed by atoms with E-state index in [1.165, 1.54) is 37.9 Å². The maximum absolute atomic E-state index is 5.69. The average molecular weight is 219 g/mol. The highest BCUT2D eigenvalue weighted by Gasteiger charge is 2.11. The standard InChI is InChI=1S/C14H21NO/c1-2-5-14(6-3-1)12-16-10-8-13-7-4-9-15-11-13/h1-3,5-6,13,15H,4,7-12H2. The molecule has 1 unspecified atom stereocenters. The van der Waals surface area contributed by atoms with Crippen molar-refractivity contribution < 1.29 is 4.74 Å². The van der Waals surface area contributed by atoms with Crippen molar-refractivity contribution in [1.82, 2.24) is 5.32 Å². The summed E-state index contributed by atoms with van der Waals surface area (Å²) in [5.74, 6) is 0.824. The lowest BCUT2D eigenvalue weighted by atomic mass is 9.97. The first kappa shape index (κ1) is 11.6. The fraction of sp³-hybridized carbons (Fsp3) is 0.571. The number of nitrogens with one attached hydrogen (secondary N) is 1. The van der Waals surface area contributed by atoms with E-state index in [4.69, 9.17) is 4.74 Å². The molecule has 1 fully saturated rings. The Labute approximate surface area is 98.0 Å². The van der Waals surface area contributed by atoms with Gasteiger partial charge in [-0.15, -0.1) is 0 Å². The van der Waals surface area contributed by atoms with Crippen molar-refractivity contribution in [1.29, 1.82) is 0 Å². The summed E-state index contributed by atoms with van der Waals surface area (Å²) in [5.41, 5.74) is 1.27. The zero-order valence-electron chi connectivity index (χ0n) is 9.82. The number of hydrogen-bond donors (Lipinski definition) is 1. The van der Waals surface area contributed by atoms with Gasteiger partial charge in [0.15, 0.2) is 0 Å². The normalized spacial score (nSPS) is 20.9. The summed E-state index contributed by atoms with van der Waals surface area (Å²) < 4.78 is 5.69. The molecule has 0 amide bonds. The summed E-state index contributed by atoms with van der Waals surface area (Å²) in [6.45, 7) is 4.01. The highest BCUT2D eigenvalue weighted by atomic mass is 16.5. The van der Waals surface area contributed by atoms with Crippen LogP contribution < -0.4 is 5.32 Å². The molecular formula is C14H21NO. The predicted molar refractivity (Wildman–Crippen MR) is 66.3 cm³/mol. The van der Waals surface area contributed by atoms with Crippen LogP contribution in [-0.4, -0.2) is 19.7 Å². The average Bonchev–Trinajstić information content (AvgIpc) is 2.37. The molecular weight excluding hydrogens is 198 g/mol. The zero-order valence-corrected chi connectivity index (χ0v) is 9.82. The second-order valence-electron chi connectivity index (χ2n) is 4.54. The lowest BCUT2D eigenvalue weighted by Gasteiger charge is -2.22. The minimum Gasteiger partial charge on any atom is -0.377 e. The molecule has 0 radical (unpaired) electrons. The molecule has 1 saturated heterocycles. The van der Waals surface area contributed by atoms with Gasteiger partial charge in [-0.3, -0.25) is 0 Å². The summed E-state index contributed by atoms with van der Waals surface area (Å²) in [4.78, 5) is 0. The molecule has 16 heavy (non-hydrogen) atoms. The topological polar surface area (TPSA) is 21.3 Å². The molecule has 1 aromatic carbocycles. The molecule has 0 saturated carbocycles. The van der Waals surface area contributed by atoms with Crippen molar-refractivity contribution in [2.75, 3.05) is 19.7 Å². The molecule has 2 heteroatoms. The van der Waals surface area contributed by atoms with Crippen molar-refractivity contribution in [3.05, 3.63) is 35.9 Å². The first-order valence-corrected chi connectivity index (χ1v) is 6.27. The fourth-order valence-electron chi connectivity index (χ4n) is 2.18. The summed E-state index contributed by atoms with van der Waals surface area (Å²) >= 11 is 0. The van der Waals surface area contributed by atoms with Crippen LogP contribution in [0.1, 0.15) is 24.8 Å². The minimum absolute atomic E-state index is 0.751. The summed E-state index contributed by atoms with van der Waals surface area (Å²) in [6, 6.07) is 10.4. The largest absolute Gasteiger partial charge is 0.377 e.